The number of nitrogens with one attached hydrogen (secondary N) is 1. The first-order chi connectivity index (χ1) is 14.9. The molecule has 2 aliphatic rings. The summed E-state index contributed by atoms with van der Waals surface area (Å²) < 4.78 is 11.2. The van der Waals surface area contributed by atoms with Gasteiger partial charge >= 0.3 is 0 Å². The minimum Gasteiger partial charge on any atom is -0.493 e. The molecule has 0 radical (unpaired) electrons. The molecular formula is C24H36ClN3O4. The summed E-state index contributed by atoms with van der Waals surface area (Å²) in [7, 11) is 3.62. The minimum absolute atomic E-state index is 0. The summed E-state index contributed by atoms with van der Waals surface area (Å²) in [6.45, 7) is 5.45. The molecule has 7 nitrogen and oxygen atoms in total. The third-order valence-electron chi connectivity index (χ3n) is 6.18. The lowest BCUT2D eigenvalue weighted by Crippen LogP contribution is -2.48. The van der Waals surface area contributed by atoms with Crippen LogP contribution >= 0.6 is 12.4 Å². The van der Waals surface area contributed by atoms with Gasteiger partial charge in [0, 0.05) is 38.3 Å². The number of hydrogen-bond acceptors (Lipinski definition) is 5. The van der Waals surface area contributed by atoms with Crippen LogP contribution in [0.5, 0.6) is 11.5 Å². The van der Waals surface area contributed by atoms with Crippen molar-refractivity contribution in [3.05, 3.63) is 29.8 Å². The maximum atomic E-state index is 12.4. The summed E-state index contributed by atoms with van der Waals surface area (Å²) in [6, 6.07) is 5.71. The van der Waals surface area contributed by atoms with Gasteiger partial charge in [0.05, 0.1) is 7.11 Å². The predicted molar refractivity (Wildman–Crippen MR) is 128 cm³/mol. The lowest BCUT2D eigenvalue weighted by atomic mass is 9.87. The van der Waals surface area contributed by atoms with E-state index >= 15 is 0 Å². The number of halogens is 1. The third-order valence-corrected chi connectivity index (χ3v) is 6.18. The summed E-state index contributed by atoms with van der Waals surface area (Å²) in [4.78, 5) is 28.7. The first-order valence-electron chi connectivity index (χ1n) is 11.2. The number of carbonyl (C=O) groups excluding carboxylic acids is 2. The van der Waals surface area contributed by atoms with Gasteiger partial charge in [0.1, 0.15) is 0 Å². The molecule has 2 amide bonds. The van der Waals surface area contributed by atoms with Crippen molar-refractivity contribution in [2.75, 3.05) is 46.9 Å². The molecule has 178 valence electrons. The van der Waals surface area contributed by atoms with E-state index in [0.717, 1.165) is 50.5 Å². The van der Waals surface area contributed by atoms with Crippen molar-refractivity contribution in [3.8, 4) is 11.5 Å². The van der Waals surface area contributed by atoms with Crippen LogP contribution in [0.3, 0.4) is 0 Å². The van der Waals surface area contributed by atoms with Gasteiger partial charge in [-0.25, -0.2) is 0 Å². The number of amides is 2. The van der Waals surface area contributed by atoms with E-state index in [4.69, 9.17) is 9.47 Å². The molecule has 0 unspecified atom stereocenters. The fourth-order valence-corrected chi connectivity index (χ4v) is 4.02. The number of rotatable bonds is 7. The molecule has 0 atom stereocenters. The Morgan fingerprint density at radius 3 is 2.44 bits per heavy atom. The molecule has 0 aromatic heterocycles. The Labute approximate surface area is 197 Å². The normalized spacial score (nSPS) is 21.7. The SMILES string of the molecule is COc1cc(C=CC(=O)N[C@H]2CC[C@H](C)CC2)ccc1OCC(=O)N1CCN(C)CC1.Cl. The molecule has 1 aliphatic carbocycles. The van der Waals surface area contributed by atoms with Crippen molar-refractivity contribution in [2.45, 2.75) is 38.6 Å². The van der Waals surface area contributed by atoms with Gasteiger partial charge in [-0.1, -0.05) is 13.0 Å². The average Bonchev–Trinajstić information content (AvgIpc) is 2.78. The standard InChI is InChI=1S/C24H35N3O4.ClH/c1-18-4-8-20(9-5-18)25-23(28)11-7-19-6-10-21(22(16-19)30-3)31-17-24(29)27-14-12-26(2)13-15-27;/h6-7,10-11,16,18,20H,4-5,8-9,12-15,17H2,1-3H3,(H,25,28);1H/t18-,20-;. The Kier molecular flexibility index (Phi) is 10.3. The monoisotopic (exact) mass is 465 g/mol. The smallest absolute Gasteiger partial charge is 0.260 e. The Morgan fingerprint density at radius 2 is 1.78 bits per heavy atom. The highest BCUT2D eigenvalue weighted by atomic mass is 35.5. The number of piperazine rings is 1. The maximum Gasteiger partial charge on any atom is 0.260 e. The van der Waals surface area contributed by atoms with Crippen LogP contribution in [-0.2, 0) is 9.59 Å². The Balaban J connectivity index is 0.00000363. The number of hydrogen-bond donors (Lipinski definition) is 1. The highest BCUT2D eigenvalue weighted by Gasteiger charge is 2.20. The zero-order valence-corrected chi connectivity index (χ0v) is 20.2. The highest BCUT2D eigenvalue weighted by molar-refractivity contribution is 5.92. The molecule has 0 spiro atoms. The molecule has 1 saturated carbocycles. The van der Waals surface area contributed by atoms with E-state index in [-0.39, 0.29) is 36.9 Å². The number of carbonyl (C=O) groups is 2. The summed E-state index contributed by atoms with van der Waals surface area (Å²) in [6.07, 6.45) is 7.77. The van der Waals surface area contributed by atoms with E-state index in [1.807, 2.05) is 17.0 Å². The van der Waals surface area contributed by atoms with E-state index in [1.165, 1.54) is 12.8 Å². The molecule has 0 bridgehead atoms. The van der Waals surface area contributed by atoms with Crippen LogP contribution in [0.1, 0.15) is 38.2 Å². The number of benzene rings is 1. The number of ether oxygens (including phenoxy) is 2. The second-order valence-corrected chi connectivity index (χ2v) is 8.68. The Morgan fingerprint density at radius 1 is 1.09 bits per heavy atom. The highest BCUT2D eigenvalue weighted by Crippen LogP contribution is 2.29. The van der Waals surface area contributed by atoms with Crippen molar-refractivity contribution in [3.63, 3.8) is 0 Å². The van der Waals surface area contributed by atoms with Crippen LogP contribution in [0.2, 0.25) is 0 Å². The van der Waals surface area contributed by atoms with Gasteiger partial charge in [-0.3, -0.25) is 9.59 Å². The molecular weight excluding hydrogens is 430 g/mol. The summed E-state index contributed by atoms with van der Waals surface area (Å²) in [5.41, 5.74) is 0.835. The second-order valence-electron chi connectivity index (χ2n) is 8.68. The zero-order valence-electron chi connectivity index (χ0n) is 19.3. The van der Waals surface area contributed by atoms with Crippen molar-refractivity contribution in [1.29, 1.82) is 0 Å². The van der Waals surface area contributed by atoms with E-state index < -0.39 is 0 Å². The predicted octanol–water partition coefficient (Wildman–Crippen LogP) is 2.98. The lowest BCUT2D eigenvalue weighted by Gasteiger charge is -2.32. The van der Waals surface area contributed by atoms with Crippen LogP contribution in [0.4, 0.5) is 0 Å². The third kappa shape index (κ3) is 7.71. The number of nitrogens with zero attached hydrogens (tertiary/aromatic N) is 2. The molecule has 1 aromatic carbocycles. The van der Waals surface area contributed by atoms with Crippen LogP contribution in [0.15, 0.2) is 24.3 Å². The van der Waals surface area contributed by atoms with E-state index in [9.17, 15) is 9.59 Å². The van der Waals surface area contributed by atoms with Crippen molar-refractivity contribution >= 4 is 30.3 Å². The number of methoxy groups -OCH3 is 1. The average molecular weight is 466 g/mol. The summed E-state index contributed by atoms with van der Waals surface area (Å²) >= 11 is 0. The van der Waals surface area contributed by atoms with Gasteiger partial charge in [0.15, 0.2) is 18.1 Å². The van der Waals surface area contributed by atoms with Gasteiger partial charge in [-0.15, -0.1) is 12.4 Å². The van der Waals surface area contributed by atoms with E-state index in [1.54, 1.807) is 25.3 Å². The maximum absolute atomic E-state index is 12.4. The fourth-order valence-electron chi connectivity index (χ4n) is 4.02. The molecule has 1 heterocycles. The Hall–Kier alpha value is -2.25. The van der Waals surface area contributed by atoms with Gasteiger partial charge < -0.3 is 24.6 Å². The van der Waals surface area contributed by atoms with Crippen molar-refractivity contribution in [2.24, 2.45) is 5.92 Å². The van der Waals surface area contributed by atoms with E-state index in [2.05, 4.69) is 24.2 Å². The molecule has 3 rings (SSSR count). The molecule has 1 N–H and O–H groups in total. The first-order valence-corrected chi connectivity index (χ1v) is 11.2. The molecule has 1 aliphatic heterocycles. The van der Waals surface area contributed by atoms with Crippen LogP contribution in [0.25, 0.3) is 6.08 Å². The summed E-state index contributed by atoms with van der Waals surface area (Å²) in [5.74, 6) is 1.72. The second kappa shape index (κ2) is 12.7. The molecule has 8 heteroatoms. The summed E-state index contributed by atoms with van der Waals surface area (Å²) in [5, 5.41) is 3.09. The van der Waals surface area contributed by atoms with Crippen LogP contribution < -0.4 is 14.8 Å². The van der Waals surface area contributed by atoms with Crippen molar-refractivity contribution < 1.29 is 19.1 Å². The van der Waals surface area contributed by atoms with Crippen LogP contribution in [0, 0.1) is 5.92 Å². The largest absolute Gasteiger partial charge is 0.493 e. The molecule has 2 fully saturated rings. The van der Waals surface area contributed by atoms with Gasteiger partial charge in [0.2, 0.25) is 5.91 Å². The van der Waals surface area contributed by atoms with E-state index in [0.29, 0.717) is 11.5 Å². The molecule has 1 aromatic rings. The van der Waals surface area contributed by atoms with Gasteiger partial charge in [-0.05, 0) is 62.4 Å². The topological polar surface area (TPSA) is 71.1 Å². The lowest BCUT2D eigenvalue weighted by molar-refractivity contribution is -0.135. The van der Waals surface area contributed by atoms with Gasteiger partial charge in [0.25, 0.3) is 5.91 Å². The quantitative estimate of drug-likeness (QED) is 0.627. The fraction of sp³-hybridized carbons (Fsp3) is 0.583. The molecule has 1 saturated heterocycles. The first kappa shape index (κ1) is 26.0. The van der Waals surface area contributed by atoms with Crippen LogP contribution in [-0.4, -0.2) is 74.6 Å². The van der Waals surface area contributed by atoms with Gasteiger partial charge in [-0.2, -0.15) is 0 Å². The minimum atomic E-state index is -0.0726. The zero-order chi connectivity index (χ0) is 22.2. The Bertz CT molecular complexity index is 785. The van der Waals surface area contributed by atoms with Crippen molar-refractivity contribution in [1.82, 2.24) is 15.1 Å². The number of likely N-dealkylation sites (N-methyl/N-ethyl adjacent to an activating group) is 1. The molecule has 32 heavy (non-hydrogen) atoms.